The second-order valence-electron chi connectivity index (χ2n) is 7.77. The van der Waals surface area contributed by atoms with Gasteiger partial charge in [0, 0.05) is 13.6 Å². The van der Waals surface area contributed by atoms with Gasteiger partial charge in [0.2, 0.25) is 11.8 Å². The fraction of sp³-hybridized carbons (Fsp3) is 0.231. The molecule has 34 heavy (non-hydrogen) atoms. The number of amides is 2. The first-order valence-corrected chi connectivity index (χ1v) is 12.5. The zero-order chi connectivity index (χ0) is 24.6. The van der Waals surface area contributed by atoms with Gasteiger partial charge in [-0.2, -0.15) is 0 Å². The van der Waals surface area contributed by atoms with E-state index in [1.807, 2.05) is 30.3 Å². The zero-order valence-corrected chi connectivity index (χ0v) is 20.1. The highest BCUT2D eigenvalue weighted by atomic mass is 32.2. The van der Waals surface area contributed by atoms with E-state index in [2.05, 4.69) is 5.32 Å². The predicted molar refractivity (Wildman–Crippen MR) is 133 cm³/mol. The molecule has 0 heterocycles. The smallest absolute Gasteiger partial charge is 0.264 e. The molecule has 1 N–H and O–H groups in total. The van der Waals surface area contributed by atoms with Gasteiger partial charge < -0.3 is 10.2 Å². The van der Waals surface area contributed by atoms with Crippen molar-refractivity contribution < 1.29 is 18.0 Å². The zero-order valence-electron chi connectivity index (χ0n) is 19.3. The molecule has 0 aliphatic rings. The summed E-state index contributed by atoms with van der Waals surface area (Å²) in [6.45, 7) is 1.48. The lowest BCUT2D eigenvalue weighted by Gasteiger charge is -2.31. The van der Waals surface area contributed by atoms with Gasteiger partial charge in [-0.3, -0.25) is 13.9 Å². The minimum Gasteiger partial charge on any atom is -0.357 e. The predicted octanol–water partition coefficient (Wildman–Crippen LogP) is 3.09. The third kappa shape index (κ3) is 6.02. The Morgan fingerprint density at radius 1 is 0.853 bits per heavy atom. The first-order valence-electron chi connectivity index (χ1n) is 11.0. The highest BCUT2D eigenvalue weighted by molar-refractivity contribution is 7.92. The van der Waals surface area contributed by atoms with Gasteiger partial charge in [-0.05, 0) is 43.2 Å². The second kappa shape index (κ2) is 11.5. The van der Waals surface area contributed by atoms with Gasteiger partial charge in [-0.15, -0.1) is 0 Å². The first kappa shape index (κ1) is 25.0. The molecular weight excluding hydrogens is 450 g/mol. The molecular formula is C26H29N3O4S. The number of rotatable bonds is 10. The molecule has 2 amide bonds. The first-order chi connectivity index (χ1) is 16.3. The van der Waals surface area contributed by atoms with Gasteiger partial charge in [0.15, 0.2) is 0 Å². The Balaban J connectivity index is 1.93. The minimum absolute atomic E-state index is 0.0850. The molecule has 178 valence electrons. The molecule has 0 aliphatic heterocycles. The van der Waals surface area contributed by atoms with Crippen molar-refractivity contribution in [3.63, 3.8) is 0 Å². The van der Waals surface area contributed by atoms with E-state index in [4.69, 9.17) is 0 Å². The molecule has 1 atom stereocenters. The van der Waals surface area contributed by atoms with Gasteiger partial charge in [0.25, 0.3) is 10.0 Å². The number of carbonyl (C=O) groups excluding carboxylic acids is 2. The number of anilines is 1. The van der Waals surface area contributed by atoms with Crippen LogP contribution in [0.2, 0.25) is 0 Å². The molecule has 0 bridgehead atoms. The lowest BCUT2D eigenvalue weighted by molar-refractivity contribution is -0.138. The maximum atomic E-state index is 13.5. The summed E-state index contributed by atoms with van der Waals surface area (Å²) in [6, 6.07) is 25.3. The van der Waals surface area contributed by atoms with Gasteiger partial charge in [-0.25, -0.2) is 8.42 Å². The van der Waals surface area contributed by atoms with E-state index in [1.165, 1.54) is 24.1 Å². The van der Waals surface area contributed by atoms with Gasteiger partial charge >= 0.3 is 0 Å². The fourth-order valence-corrected chi connectivity index (χ4v) is 5.06. The minimum atomic E-state index is -4.02. The van der Waals surface area contributed by atoms with Crippen LogP contribution in [0, 0.1) is 0 Å². The third-order valence-electron chi connectivity index (χ3n) is 5.55. The van der Waals surface area contributed by atoms with Gasteiger partial charge in [0.1, 0.15) is 12.6 Å². The van der Waals surface area contributed by atoms with Gasteiger partial charge in [0.05, 0.1) is 10.6 Å². The molecule has 0 radical (unpaired) electrons. The van der Waals surface area contributed by atoms with Crippen molar-refractivity contribution in [3.05, 3.63) is 96.6 Å². The number of hydrogen-bond donors (Lipinski definition) is 1. The molecule has 0 saturated carbocycles. The lowest BCUT2D eigenvalue weighted by Crippen LogP contribution is -2.51. The number of sulfonamides is 1. The monoisotopic (exact) mass is 479 g/mol. The van der Waals surface area contributed by atoms with Crippen LogP contribution in [-0.2, 0) is 26.0 Å². The van der Waals surface area contributed by atoms with Crippen LogP contribution < -0.4 is 9.62 Å². The van der Waals surface area contributed by atoms with Crippen LogP contribution in [0.25, 0.3) is 0 Å². The summed E-state index contributed by atoms with van der Waals surface area (Å²) < 4.78 is 28.1. The molecule has 0 aromatic heterocycles. The van der Waals surface area contributed by atoms with Crippen molar-refractivity contribution in [2.75, 3.05) is 24.4 Å². The van der Waals surface area contributed by atoms with Crippen LogP contribution in [0.1, 0.15) is 12.5 Å². The third-order valence-corrected chi connectivity index (χ3v) is 7.34. The summed E-state index contributed by atoms with van der Waals surface area (Å²) in [5.41, 5.74) is 1.39. The molecule has 7 nitrogen and oxygen atoms in total. The number of para-hydroxylation sites is 1. The number of nitrogens with one attached hydrogen (secondary N) is 1. The fourth-order valence-electron chi connectivity index (χ4n) is 3.62. The Bertz CT molecular complexity index is 1190. The van der Waals surface area contributed by atoms with E-state index < -0.39 is 28.5 Å². The molecule has 0 unspecified atom stereocenters. The molecule has 3 aromatic rings. The molecule has 0 aliphatic carbocycles. The number of benzene rings is 3. The van der Waals surface area contributed by atoms with Crippen LogP contribution in [0.5, 0.6) is 0 Å². The highest BCUT2D eigenvalue weighted by Gasteiger charge is 2.31. The Kier molecular flexibility index (Phi) is 8.43. The Morgan fingerprint density at radius 3 is 1.94 bits per heavy atom. The highest BCUT2D eigenvalue weighted by Crippen LogP contribution is 2.24. The van der Waals surface area contributed by atoms with Crippen LogP contribution in [-0.4, -0.2) is 51.3 Å². The maximum absolute atomic E-state index is 13.5. The average Bonchev–Trinajstić information content (AvgIpc) is 2.88. The van der Waals surface area contributed by atoms with Crippen molar-refractivity contribution in [3.8, 4) is 0 Å². The summed E-state index contributed by atoms with van der Waals surface area (Å²) in [4.78, 5) is 27.5. The maximum Gasteiger partial charge on any atom is 0.264 e. The molecule has 0 spiro atoms. The Morgan fingerprint density at radius 2 is 1.38 bits per heavy atom. The van der Waals surface area contributed by atoms with Crippen LogP contribution in [0.15, 0.2) is 95.9 Å². The van der Waals surface area contributed by atoms with Crippen LogP contribution in [0.3, 0.4) is 0 Å². The number of carbonyl (C=O) groups is 2. The summed E-state index contributed by atoms with van der Waals surface area (Å²) >= 11 is 0. The Hall–Kier alpha value is -3.65. The SMILES string of the molecule is CNC(=O)[C@@H](C)N(CCc1ccccc1)C(=O)CN(c1ccccc1)S(=O)(=O)c1ccccc1. The summed E-state index contributed by atoms with van der Waals surface area (Å²) in [6.07, 6.45) is 0.532. The van der Waals surface area contributed by atoms with E-state index in [-0.39, 0.29) is 17.3 Å². The second-order valence-corrected chi connectivity index (χ2v) is 9.64. The molecule has 0 fully saturated rings. The van der Waals surface area contributed by atoms with E-state index in [0.29, 0.717) is 12.1 Å². The number of likely N-dealkylation sites (N-methyl/N-ethyl adjacent to an activating group) is 1. The van der Waals surface area contributed by atoms with E-state index >= 15 is 0 Å². The molecule has 3 aromatic carbocycles. The molecule has 8 heteroatoms. The normalized spacial score (nSPS) is 11.9. The van der Waals surface area contributed by atoms with Crippen molar-refractivity contribution in [2.24, 2.45) is 0 Å². The average molecular weight is 480 g/mol. The quantitative estimate of drug-likeness (QED) is 0.484. The molecule has 0 saturated heterocycles. The van der Waals surface area contributed by atoms with E-state index in [0.717, 1.165) is 9.87 Å². The summed E-state index contributed by atoms with van der Waals surface area (Å²) in [5.74, 6) is -0.783. The molecule has 3 rings (SSSR count). The van der Waals surface area contributed by atoms with Crippen molar-refractivity contribution in [2.45, 2.75) is 24.3 Å². The largest absolute Gasteiger partial charge is 0.357 e. The van der Waals surface area contributed by atoms with Gasteiger partial charge in [-0.1, -0.05) is 66.7 Å². The van der Waals surface area contributed by atoms with E-state index in [9.17, 15) is 18.0 Å². The topological polar surface area (TPSA) is 86.8 Å². The van der Waals surface area contributed by atoms with Crippen molar-refractivity contribution in [1.82, 2.24) is 10.2 Å². The lowest BCUT2D eigenvalue weighted by atomic mass is 10.1. The van der Waals surface area contributed by atoms with Crippen LogP contribution >= 0.6 is 0 Å². The van der Waals surface area contributed by atoms with Crippen molar-refractivity contribution in [1.29, 1.82) is 0 Å². The number of hydrogen-bond acceptors (Lipinski definition) is 4. The number of nitrogens with zero attached hydrogens (tertiary/aromatic N) is 2. The van der Waals surface area contributed by atoms with Crippen LogP contribution in [0.4, 0.5) is 5.69 Å². The standard InChI is InChI=1S/C26H29N3O4S/c1-21(26(31)27-2)28(19-18-22-12-6-3-7-13-22)25(30)20-29(23-14-8-4-9-15-23)34(32,33)24-16-10-5-11-17-24/h3-17,21H,18-20H2,1-2H3,(H,27,31)/t21-/m1/s1. The Labute approximate surface area is 201 Å². The summed E-state index contributed by atoms with van der Waals surface area (Å²) in [7, 11) is -2.51. The summed E-state index contributed by atoms with van der Waals surface area (Å²) in [5, 5.41) is 2.57. The van der Waals surface area contributed by atoms with Crippen molar-refractivity contribution >= 4 is 27.5 Å². The van der Waals surface area contributed by atoms with E-state index in [1.54, 1.807) is 55.5 Å².